The number of thiophene rings is 1. The lowest BCUT2D eigenvalue weighted by atomic mass is 10.2. The van der Waals surface area contributed by atoms with Crippen LogP contribution in [0.1, 0.15) is 46.8 Å². The Morgan fingerprint density at radius 1 is 1.42 bits per heavy atom. The largest absolute Gasteiger partial charge is 0.354 e. The first-order valence-corrected chi connectivity index (χ1v) is 7.63. The highest BCUT2D eigenvalue weighted by Crippen LogP contribution is 2.30. The van der Waals surface area contributed by atoms with Crippen LogP contribution < -0.4 is 10.6 Å². The van der Waals surface area contributed by atoms with Gasteiger partial charge >= 0.3 is 0 Å². The Balaban J connectivity index is 1.91. The van der Waals surface area contributed by atoms with Gasteiger partial charge in [0.1, 0.15) is 6.04 Å². The van der Waals surface area contributed by atoms with E-state index >= 15 is 0 Å². The van der Waals surface area contributed by atoms with Crippen molar-refractivity contribution in [3.05, 3.63) is 21.4 Å². The Morgan fingerprint density at radius 3 is 2.89 bits per heavy atom. The van der Waals surface area contributed by atoms with Crippen LogP contribution in [0.15, 0.2) is 6.07 Å². The summed E-state index contributed by atoms with van der Waals surface area (Å²) in [7, 11) is 0. The SMILES string of the molecule is CCCNC(=O)[C@H](C)NC(=O)c1cc2c(s1)CCC2. The lowest BCUT2D eigenvalue weighted by molar-refractivity contribution is -0.122. The van der Waals surface area contributed by atoms with Crippen molar-refractivity contribution in [2.45, 2.75) is 45.6 Å². The van der Waals surface area contributed by atoms with E-state index in [0.717, 1.165) is 24.1 Å². The number of hydrogen-bond donors (Lipinski definition) is 2. The van der Waals surface area contributed by atoms with Crippen LogP contribution in [0.4, 0.5) is 0 Å². The van der Waals surface area contributed by atoms with Gasteiger partial charge in [0.2, 0.25) is 5.91 Å². The maximum Gasteiger partial charge on any atom is 0.262 e. The third-order valence-electron chi connectivity index (χ3n) is 3.26. The topological polar surface area (TPSA) is 58.2 Å². The molecule has 4 nitrogen and oxygen atoms in total. The van der Waals surface area contributed by atoms with Crippen LogP contribution in [0, 0.1) is 0 Å². The van der Waals surface area contributed by atoms with Crippen LogP contribution >= 0.6 is 11.3 Å². The molecule has 0 aliphatic heterocycles. The second-order valence-electron chi connectivity index (χ2n) is 4.90. The van der Waals surface area contributed by atoms with Crippen molar-refractivity contribution in [1.29, 1.82) is 0 Å². The Bertz CT molecular complexity index is 460. The van der Waals surface area contributed by atoms with Crippen molar-refractivity contribution in [2.75, 3.05) is 6.54 Å². The molecule has 1 heterocycles. The standard InChI is InChI=1S/C14H20N2O2S/c1-3-7-15-13(17)9(2)16-14(18)12-8-10-5-4-6-11(10)19-12/h8-9H,3-7H2,1-2H3,(H,15,17)(H,16,18)/t9-/m0/s1. The molecule has 0 radical (unpaired) electrons. The van der Waals surface area contributed by atoms with Gasteiger partial charge in [-0.15, -0.1) is 11.3 Å². The number of carbonyl (C=O) groups excluding carboxylic acids is 2. The molecule has 0 saturated carbocycles. The van der Waals surface area contributed by atoms with Gasteiger partial charge in [-0.25, -0.2) is 0 Å². The minimum absolute atomic E-state index is 0.126. The van der Waals surface area contributed by atoms with Gasteiger partial charge in [-0.1, -0.05) is 6.92 Å². The molecular weight excluding hydrogens is 260 g/mol. The van der Waals surface area contributed by atoms with Gasteiger partial charge in [0, 0.05) is 11.4 Å². The molecule has 2 N–H and O–H groups in total. The van der Waals surface area contributed by atoms with Crippen LogP contribution in [-0.4, -0.2) is 24.4 Å². The monoisotopic (exact) mass is 280 g/mol. The van der Waals surface area contributed by atoms with E-state index in [0.29, 0.717) is 6.54 Å². The van der Waals surface area contributed by atoms with E-state index in [1.807, 2.05) is 13.0 Å². The third kappa shape index (κ3) is 3.35. The average Bonchev–Trinajstić information content (AvgIpc) is 2.96. The number of nitrogens with one attached hydrogen (secondary N) is 2. The molecule has 19 heavy (non-hydrogen) atoms. The van der Waals surface area contributed by atoms with Crippen LogP contribution in [0.3, 0.4) is 0 Å². The van der Waals surface area contributed by atoms with Crippen molar-refractivity contribution < 1.29 is 9.59 Å². The molecule has 104 valence electrons. The molecule has 2 amide bonds. The summed E-state index contributed by atoms with van der Waals surface area (Å²) in [5, 5.41) is 5.53. The van der Waals surface area contributed by atoms with E-state index in [-0.39, 0.29) is 11.8 Å². The van der Waals surface area contributed by atoms with Gasteiger partial charge < -0.3 is 10.6 Å². The molecule has 0 fully saturated rings. The van der Waals surface area contributed by atoms with Gasteiger partial charge in [0.05, 0.1) is 4.88 Å². The van der Waals surface area contributed by atoms with E-state index < -0.39 is 6.04 Å². The molecular formula is C14H20N2O2S. The first-order chi connectivity index (χ1) is 9.11. The zero-order chi connectivity index (χ0) is 13.8. The molecule has 0 bridgehead atoms. The first kappa shape index (κ1) is 14.1. The van der Waals surface area contributed by atoms with Gasteiger partial charge in [-0.3, -0.25) is 9.59 Å². The Labute approximate surface area is 117 Å². The summed E-state index contributed by atoms with van der Waals surface area (Å²) in [5.74, 6) is -0.266. The third-order valence-corrected chi connectivity index (χ3v) is 4.50. The van der Waals surface area contributed by atoms with Gasteiger partial charge in [-0.2, -0.15) is 0 Å². The van der Waals surface area contributed by atoms with Crippen LogP contribution in [0.25, 0.3) is 0 Å². The Hall–Kier alpha value is -1.36. The first-order valence-electron chi connectivity index (χ1n) is 6.82. The normalized spacial score (nSPS) is 14.8. The molecule has 5 heteroatoms. The van der Waals surface area contributed by atoms with E-state index in [9.17, 15) is 9.59 Å². The fraction of sp³-hybridized carbons (Fsp3) is 0.571. The maximum atomic E-state index is 12.1. The predicted molar refractivity (Wildman–Crippen MR) is 76.6 cm³/mol. The van der Waals surface area contributed by atoms with Gasteiger partial charge in [0.15, 0.2) is 0 Å². The van der Waals surface area contributed by atoms with Crippen LogP contribution in [0.5, 0.6) is 0 Å². The highest BCUT2D eigenvalue weighted by molar-refractivity contribution is 7.14. The van der Waals surface area contributed by atoms with E-state index in [4.69, 9.17) is 0 Å². The zero-order valence-corrected chi connectivity index (χ0v) is 12.2. The minimum atomic E-state index is -0.490. The molecule has 0 aromatic carbocycles. The lowest BCUT2D eigenvalue weighted by Crippen LogP contribution is -2.44. The Kier molecular flexibility index (Phi) is 4.58. The molecule has 1 aromatic heterocycles. The second-order valence-corrected chi connectivity index (χ2v) is 6.04. The quantitative estimate of drug-likeness (QED) is 0.865. The molecule has 0 spiro atoms. The van der Waals surface area contributed by atoms with Crippen LogP contribution in [0.2, 0.25) is 0 Å². The lowest BCUT2D eigenvalue weighted by Gasteiger charge is -2.13. The zero-order valence-electron chi connectivity index (χ0n) is 11.4. The van der Waals surface area contributed by atoms with Crippen molar-refractivity contribution in [2.24, 2.45) is 0 Å². The summed E-state index contributed by atoms with van der Waals surface area (Å²) in [6, 6.07) is 1.48. The highest BCUT2D eigenvalue weighted by atomic mass is 32.1. The fourth-order valence-electron chi connectivity index (χ4n) is 2.18. The average molecular weight is 280 g/mol. The van der Waals surface area contributed by atoms with E-state index in [1.54, 1.807) is 18.3 Å². The van der Waals surface area contributed by atoms with Crippen LogP contribution in [-0.2, 0) is 17.6 Å². The molecule has 1 aliphatic carbocycles. The molecule has 1 atom stereocenters. The van der Waals surface area contributed by atoms with E-state index in [2.05, 4.69) is 10.6 Å². The fourth-order valence-corrected chi connectivity index (χ4v) is 3.33. The summed E-state index contributed by atoms with van der Waals surface area (Å²) >= 11 is 1.56. The number of rotatable bonds is 5. The van der Waals surface area contributed by atoms with Gasteiger partial charge in [0.25, 0.3) is 5.91 Å². The number of amides is 2. The summed E-state index contributed by atoms with van der Waals surface area (Å²) in [5.41, 5.74) is 1.30. The van der Waals surface area contributed by atoms with Crippen molar-refractivity contribution in [3.63, 3.8) is 0 Å². The highest BCUT2D eigenvalue weighted by Gasteiger charge is 2.21. The predicted octanol–water partition coefficient (Wildman–Crippen LogP) is 1.88. The van der Waals surface area contributed by atoms with E-state index in [1.165, 1.54) is 16.9 Å². The number of hydrogen-bond acceptors (Lipinski definition) is 3. The molecule has 0 unspecified atom stereocenters. The van der Waals surface area contributed by atoms with Crippen molar-refractivity contribution >= 4 is 23.2 Å². The second kappa shape index (κ2) is 6.19. The maximum absolute atomic E-state index is 12.1. The molecule has 0 saturated heterocycles. The minimum Gasteiger partial charge on any atom is -0.354 e. The Morgan fingerprint density at radius 2 is 2.21 bits per heavy atom. The number of carbonyl (C=O) groups is 2. The molecule has 1 aliphatic rings. The molecule has 1 aromatic rings. The summed E-state index contributed by atoms with van der Waals surface area (Å²) in [6.07, 6.45) is 4.24. The van der Waals surface area contributed by atoms with Crippen molar-refractivity contribution in [3.8, 4) is 0 Å². The summed E-state index contributed by atoms with van der Waals surface area (Å²) in [6.45, 7) is 4.35. The van der Waals surface area contributed by atoms with Gasteiger partial charge in [-0.05, 0) is 44.2 Å². The molecule has 2 rings (SSSR count). The number of aryl methyl sites for hydroxylation is 2. The summed E-state index contributed by atoms with van der Waals surface area (Å²) in [4.78, 5) is 25.8. The number of fused-ring (bicyclic) bond motifs is 1. The smallest absolute Gasteiger partial charge is 0.262 e. The van der Waals surface area contributed by atoms with Crippen molar-refractivity contribution in [1.82, 2.24) is 10.6 Å². The summed E-state index contributed by atoms with van der Waals surface area (Å²) < 4.78 is 0.